The number of rotatable bonds is 4. The molecule has 1 heterocycles. The average molecular weight is 441 g/mol. The fourth-order valence-corrected chi connectivity index (χ4v) is 3.20. The van der Waals surface area contributed by atoms with Gasteiger partial charge in [-0.05, 0) is 55.0 Å². The summed E-state index contributed by atoms with van der Waals surface area (Å²) in [5.41, 5.74) is 0.228. The molecular formula is C21H20ClF3N2O3. The second kappa shape index (κ2) is 8.95. The van der Waals surface area contributed by atoms with Gasteiger partial charge in [-0.2, -0.15) is 13.2 Å². The lowest BCUT2D eigenvalue weighted by atomic mass is 10.1. The molecule has 1 aliphatic rings. The molecule has 0 N–H and O–H groups in total. The van der Waals surface area contributed by atoms with Crippen LogP contribution >= 0.6 is 11.6 Å². The van der Waals surface area contributed by atoms with Gasteiger partial charge in [-0.1, -0.05) is 11.6 Å². The van der Waals surface area contributed by atoms with Crippen LogP contribution in [-0.2, 0) is 11.0 Å². The molecule has 2 amide bonds. The Kier molecular flexibility index (Phi) is 6.55. The van der Waals surface area contributed by atoms with Gasteiger partial charge in [0.25, 0.3) is 11.8 Å². The first-order valence-electron chi connectivity index (χ1n) is 9.28. The number of alkyl halides is 3. The van der Waals surface area contributed by atoms with Gasteiger partial charge in [0, 0.05) is 36.8 Å². The van der Waals surface area contributed by atoms with Gasteiger partial charge in [0.05, 0.1) is 5.56 Å². The molecule has 5 nitrogen and oxygen atoms in total. The number of hydrogen-bond donors (Lipinski definition) is 0. The molecule has 2 aromatic carbocycles. The van der Waals surface area contributed by atoms with Crippen LogP contribution in [0.1, 0.15) is 21.5 Å². The zero-order valence-electron chi connectivity index (χ0n) is 16.2. The van der Waals surface area contributed by atoms with Crippen molar-refractivity contribution in [1.82, 2.24) is 9.80 Å². The molecule has 2 aromatic rings. The van der Waals surface area contributed by atoms with Crippen LogP contribution in [0.2, 0.25) is 5.02 Å². The van der Waals surface area contributed by atoms with E-state index in [1.54, 1.807) is 23.1 Å². The summed E-state index contributed by atoms with van der Waals surface area (Å²) in [4.78, 5) is 28.0. The number of nitrogens with zero attached hydrogens (tertiary/aromatic N) is 2. The molecule has 9 heteroatoms. The lowest BCUT2D eigenvalue weighted by Gasteiger charge is -2.34. The highest BCUT2D eigenvalue weighted by Gasteiger charge is 2.31. The molecule has 0 spiro atoms. The summed E-state index contributed by atoms with van der Waals surface area (Å²) in [6.07, 6.45) is -4.44. The number of carbonyl (C=O) groups excluding carboxylic acids is 2. The Labute approximate surface area is 177 Å². The third-order valence-corrected chi connectivity index (χ3v) is 5.29. The summed E-state index contributed by atoms with van der Waals surface area (Å²) < 4.78 is 43.5. The van der Waals surface area contributed by atoms with E-state index in [0.29, 0.717) is 37.0 Å². The maximum atomic E-state index is 12.7. The summed E-state index contributed by atoms with van der Waals surface area (Å²) in [5.74, 6) is -0.0192. The molecule has 3 rings (SSSR count). The van der Waals surface area contributed by atoms with Crippen LogP contribution in [0.25, 0.3) is 0 Å². The molecule has 30 heavy (non-hydrogen) atoms. The van der Waals surface area contributed by atoms with Gasteiger partial charge >= 0.3 is 6.18 Å². The minimum atomic E-state index is -4.44. The van der Waals surface area contributed by atoms with Crippen LogP contribution < -0.4 is 4.74 Å². The summed E-state index contributed by atoms with van der Waals surface area (Å²) in [5, 5.41) is 0.613. The second-order valence-electron chi connectivity index (χ2n) is 6.95. The van der Waals surface area contributed by atoms with Crippen molar-refractivity contribution >= 4 is 23.4 Å². The maximum Gasteiger partial charge on any atom is 0.416 e. The number of aryl methyl sites for hydroxylation is 1. The Morgan fingerprint density at radius 1 is 1.00 bits per heavy atom. The van der Waals surface area contributed by atoms with Crippen molar-refractivity contribution in [3.05, 3.63) is 64.2 Å². The zero-order chi connectivity index (χ0) is 21.9. The summed E-state index contributed by atoms with van der Waals surface area (Å²) in [6.45, 7) is 2.96. The third-order valence-electron chi connectivity index (χ3n) is 4.87. The predicted octanol–water partition coefficient (Wildman–Crippen LogP) is 4.03. The van der Waals surface area contributed by atoms with E-state index >= 15 is 0 Å². The van der Waals surface area contributed by atoms with Gasteiger partial charge in [-0.25, -0.2) is 0 Å². The van der Waals surface area contributed by atoms with Gasteiger partial charge in [0.2, 0.25) is 0 Å². The van der Waals surface area contributed by atoms with Gasteiger partial charge in [-0.3, -0.25) is 9.59 Å². The quantitative estimate of drug-likeness (QED) is 0.721. The highest BCUT2D eigenvalue weighted by atomic mass is 35.5. The molecule has 0 radical (unpaired) electrons. The van der Waals surface area contributed by atoms with E-state index in [-0.39, 0.29) is 24.0 Å². The summed E-state index contributed by atoms with van der Waals surface area (Å²) >= 11 is 5.96. The Hall–Kier alpha value is -2.74. The molecule has 0 aliphatic carbocycles. The van der Waals surface area contributed by atoms with Crippen LogP contribution in [0, 0.1) is 6.92 Å². The lowest BCUT2D eigenvalue weighted by Crippen LogP contribution is -2.51. The van der Waals surface area contributed by atoms with Crippen LogP contribution in [0.3, 0.4) is 0 Å². The number of benzene rings is 2. The van der Waals surface area contributed by atoms with E-state index in [1.165, 1.54) is 17.0 Å². The molecule has 0 bridgehead atoms. The van der Waals surface area contributed by atoms with Crippen molar-refractivity contribution in [3.8, 4) is 5.75 Å². The van der Waals surface area contributed by atoms with Crippen molar-refractivity contribution in [2.24, 2.45) is 0 Å². The third kappa shape index (κ3) is 5.24. The Morgan fingerprint density at radius 2 is 1.60 bits per heavy atom. The van der Waals surface area contributed by atoms with E-state index in [4.69, 9.17) is 16.3 Å². The van der Waals surface area contributed by atoms with Crippen LogP contribution in [-0.4, -0.2) is 54.4 Å². The first kappa shape index (κ1) is 22.0. The maximum absolute atomic E-state index is 12.7. The molecule has 1 saturated heterocycles. The van der Waals surface area contributed by atoms with Crippen molar-refractivity contribution in [2.45, 2.75) is 13.1 Å². The van der Waals surface area contributed by atoms with Crippen molar-refractivity contribution in [3.63, 3.8) is 0 Å². The number of piperazine rings is 1. The fourth-order valence-electron chi connectivity index (χ4n) is 3.09. The van der Waals surface area contributed by atoms with Crippen molar-refractivity contribution < 1.29 is 27.5 Å². The molecule has 1 aliphatic heterocycles. The molecule has 1 fully saturated rings. The molecule has 0 atom stereocenters. The number of hydrogen-bond acceptors (Lipinski definition) is 3. The average Bonchev–Trinajstić information content (AvgIpc) is 2.73. The van der Waals surface area contributed by atoms with E-state index in [1.807, 2.05) is 6.92 Å². The van der Waals surface area contributed by atoms with Crippen molar-refractivity contribution in [2.75, 3.05) is 32.8 Å². The van der Waals surface area contributed by atoms with Crippen LogP contribution in [0.15, 0.2) is 42.5 Å². The van der Waals surface area contributed by atoms with Crippen molar-refractivity contribution in [1.29, 1.82) is 0 Å². The number of halogens is 4. The molecule has 0 saturated carbocycles. The zero-order valence-corrected chi connectivity index (χ0v) is 17.0. The normalized spacial score (nSPS) is 14.6. The smallest absolute Gasteiger partial charge is 0.416 e. The SMILES string of the molecule is Cc1cc(OCC(=O)N2CCN(C(=O)c3ccc(C(F)(F)F)cc3)CC2)ccc1Cl. The van der Waals surface area contributed by atoms with Gasteiger partial charge in [0.15, 0.2) is 6.61 Å². The Bertz CT molecular complexity index is 924. The Balaban J connectivity index is 1.50. The Morgan fingerprint density at radius 3 is 2.17 bits per heavy atom. The van der Waals surface area contributed by atoms with E-state index in [0.717, 1.165) is 17.7 Å². The standard InChI is InChI=1S/C21H20ClF3N2O3/c1-14-12-17(6-7-18(14)22)30-13-19(28)26-8-10-27(11-9-26)20(29)15-2-4-16(5-3-15)21(23,24)25/h2-7,12H,8-11,13H2,1H3. The van der Waals surface area contributed by atoms with E-state index < -0.39 is 11.7 Å². The fraction of sp³-hybridized carbons (Fsp3) is 0.333. The largest absolute Gasteiger partial charge is 0.484 e. The molecular weight excluding hydrogens is 421 g/mol. The summed E-state index contributed by atoms with van der Waals surface area (Å²) in [6, 6.07) is 9.25. The first-order chi connectivity index (χ1) is 14.1. The number of amides is 2. The topological polar surface area (TPSA) is 49.9 Å². The molecule has 160 valence electrons. The highest BCUT2D eigenvalue weighted by molar-refractivity contribution is 6.31. The number of carbonyl (C=O) groups is 2. The lowest BCUT2D eigenvalue weighted by molar-refractivity contribution is -0.137. The van der Waals surface area contributed by atoms with Gasteiger partial charge in [-0.15, -0.1) is 0 Å². The molecule has 0 unspecified atom stereocenters. The van der Waals surface area contributed by atoms with E-state index in [2.05, 4.69) is 0 Å². The second-order valence-corrected chi connectivity index (χ2v) is 7.35. The van der Waals surface area contributed by atoms with Gasteiger partial charge in [0.1, 0.15) is 5.75 Å². The number of ether oxygens (including phenoxy) is 1. The van der Waals surface area contributed by atoms with Crippen LogP contribution in [0.4, 0.5) is 13.2 Å². The minimum absolute atomic E-state index is 0.131. The first-order valence-corrected chi connectivity index (χ1v) is 9.66. The molecule has 0 aromatic heterocycles. The highest BCUT2D eigenvalue weighted by Crippen LogP contribution is 2.29. The predicted molar refractivity (Wildman–Crippen MR) is 106 cm³/mol. The van der Waals surface area contributed by atoms with Crippen LogP contribution in [0.5, 0.6) is 5.75 Å². The monoisotopic (exact) mass is 440 g/mol. The van der Waals surface area contributed by atoms with E-state index in [9.17, 15) is 22.8 Å². The minimum Gasteiger partial charge on any atom is -0.484 e. The van der Waals surface area contributed by atoms with Gasteiger partial charge < -0.3 is 14.5 Å². The summed E-state index contributed by atoms with van der Waals surface area (Å²) in [7, 11) is 0.